The van der Waals surface area contributed by atoms with E-state index in [9.17, 15) is 13.2 Å². The van der Waals surface area contributed by atoms with Crippen molar-refractivity contribution in [1.82, 2.24) is 0 Å². The maximum atomic E-state index is 12.3. The van der Waals surface area contributed by atoms with Gasteiger partial charge in [0.25, 0.3) is 0 Å². The molecule has 23 heavy (non-hydrogen) atoms. The summed E-state index contributed by atoms with van der Waals surface area (Å²) in [7, 11) is -3.89. The fourth-order valence-corrected chi connectivity index (χ4v) is 3.84. The van der Waals surface area contributed by atoms with Crippen molar-refractivity contribution >= 4 is 44.3 Å². The fraction of sp³-hybridized carbons (Fsp3) is 0.188. The summed E-state index contributed by atoms with van der Waals surface area (Å²) in [6.07, 6.45) is 1.37. The number of carbonyl (C=O) groups excluding carboxylic acids is 1. The van der Waals surface area contributed by atoms with E-state index in [1.165, 1.54) is 12.1 Å². The highest BCUT2D eigenvalue weighted by Gasteiger charge is 2.23. The van der Waals surface area contributed by atoms with Crippen LogP contribution in [-0.2, 0) is 14.9 Å². The molecule has 1 heterocycles. The van der Waals surface area contributed by atoms with E-state index in [0.717, 1.165) is 9.99 Å². The molecule has 0 N–H and O–H groups in total. The molecule has 2 aromatic rings. The molecule has 0 saturated carbocycles. The van der Waals surface area contributed by atoms with E-state index in [-0.39, 0.29) is 16.6 Å². The highest BCUT2D eigenvalue weighted by molar-refractivity contribution is 14.1. The summed E-state index contributed by atoms with van der Waals surface area (Å²) in [4.78, 5) is 13.4. The monoisotopic (exact) mass is 443 g/mol. The number of hydrogen-bond acceptors (Lipinski definition) is 4. The number of anilines is 1. The van der Waals surface area contributed by atoms with Crippen molar-refractivity contribution in [2.75, 3.05) is 11.4 Å². The van der Waals surface area contributed by atoms with Crippen LogP contribution in [0.2, 0.25) is 0 Å². The first-order chi connectivity index (χ1) is 11.0. The van der Waals surface area contributed by atoms with Crippen molar-refractivity contribution in [3.63, 3.8) is 0 Å². The number of hydrogen-bond donors (Lipinski definition) is 0. The molecule has 0 atom stereocenters. The number of amides is 1. The average molecular weight is 443 g/mol. The summed E-state index contributed by atoms with van der Waals surface area (Å²) in [6, 6.07) is 13.0. The normalized spacial score (nSPS) is 15.0. The molecular weight excluding hydrogens is 429 g/mol. The van der Waals surface area contributed by atoms with Gasteiger partial charge in [0, 0.05) is 22.2 Å². The van der Waals surface area contributed by atoms with Gasteiger partial charge in [0.1, 0.15) is 10.6 Å². The number of nitrogens with zero attached hydrogens (tertiary/aromatic N) is 1. The van der Waals surface area contributed by atoms with E-state index in [4.69, 9.17) is 4.18 Å². The second kappa shape index (κ2) is 6.48. The predicted molar refractivity (Wildman–Crippen MR) is 95.0 cm³/mol. The van der Waals surface area contributed by atoms with Gasteiger partial charge in [-0.2, -0.15) is 8.42 Å². The Labute approximate surface area is 148 Å². The zero-order chi connectivity index (χ0) is 16.4. The van der Waals surface area contributed by atoms with Crippen LogP contribution in [-0.4, -0.2) is 20.9 Å². The zero-order valence-electron chi connectivity index (χ0n) is 12.1. The van der Waals surface area contributed by atoms with Gasteiger partial charge in [-0.1, -0.05) is 6.07 Å². The zero-order valence-corrected chi connectivity index (χ0v) is 15.1. The minimum Gasteiger partial charge on any atom is -0.379 e. The summed E-state index contributed by atoms with van der Waals surface area (Å²) in [6.45, 7) is 0.671. The van der Waals surface area contributed by atoms with Gasteiger partial charge in [-0.15, -0.1) is 0 Å². The van der Waals surface area contributed by atoms with E-state index >= 15 is 0 Å². The maximum Gasteiger partial charge on any atom is 0.339 e. The van der Waals surface area contributed by atoms with Gasteiger partial charge < -0.3 is 9.08 Å². The van der Waals surface area contributed by atoms with E-state index < -0.39 is 10.1 Å². The molecule has 5 nitrogen and oxygen atoms in total. The quantitative estimate of drug-likeness (QED) is 0.538. The summed E-state index contributed by atoms with van der Waals surface area (Å²) in [5.41, 5.74) is 0.709. The Bertz CT molecular complexity index is 833. The van der Waals surface area contributed by atoms with Gasteiger partial charge in [0.2, 0.25) is 5.91 Å². The van der Waals surface area contributed by atoms with Gasteiger partial charge in [0.15, 0.2) is 0 Å². The fourth-order valence-electron chi connectivity index (χ4n) is 2.41. The van der Waals surface area contributed by atoms with Gasteiger partial charge in [-0.25, -0.2) is 0 Å². The standard InChI is InChI=1S/C16H14INO4S/c17-12-3-1-4-14(11-12)22-23(20,21)15-8-6-13(7-9-15)18-10-2-5-16(18)19/h1,3-4,6-9,11H,2,5,10H2. The minimum atomic E-state index is -3.89. The van der Waals surface area contributed by atoms with Crippen LogP contribution in [0.25, 0.3) is 0 Å². The summed E-state index contributed by atoms with van der Waals surface area (Å²) in [5.74, 6) is 0.339. The summed E-state index contributed by atoms with van der Waals surface area (Å²) >= 11 is 2.09. The topological polar surface area (TPSA) is 63.7 Å². The lowest BCUT2D eigenvalue weighted by molar-refractivity contribution is -0.117. The van der Waals surface area contributed by atoms with E-state index in [0.29, 0.717) is 18.7 Å². The van der Waals surface area contributed by atoms with Crippen molar-refractivity contribution in [1.29, 1.82) is 0 Å². The van der Waals surface area contributed by atoms with Crippen molar-refractivity contribution in [3.05, 3.63) is 52.1 Å². The van der Waals surface area contributed by atoms with Crippen molar-refractivity contribution in [3.8, 4) is 5.75 Å². The molecule has 1 saturated heterocycles. The van der Waals surface area contributed by atoms with Gasteiger partial charge in [-0.3, -0.25) is 4.79 Å². The van der Waals surface area contributed by atoms with Crippen LogP contribution in [0.15, 0.2) is 53.4 Å². The first kappa shape index (κ1) is 16.3. The average Bonchev–Trinajstić information content (AvgIpc) is 2.93. The second-order valence-electron chi connectivity index (χ2n) is 5.14. The number of carbonyl (C=O) groups is 1. The Morgan fingerprint density at radius 3 is 2.43 bits per heavy atom. The van der Waals surface area contributed by atoms with Crippen LogP contribution in [0.5, 0.6) is 5.75 Å². The third-order valence-electron chi connectivity index (χ3n) is 3.51. The Balaban J connectivity index is 1.81. The third-order valence-corrected chi connectivity index (χ3v) is 5.44. The Morgan fingerprint density at radius 2 is 1.83 bits per heavy atom. The van der Waals surface area contributed by atoms with Crippen LogP contribution in [0.4, 0.5) is 5.69 Å². The molecule has 7 heteroatoms. The molecule has 0 radical (unpaired) electrons. The second-order valence-corrected chi connectivity index (χ2v) is 7.93. The van der Waals surface area contributed by atoms with Crippen LogP contribution in [0.1, 0.15) is 12.8 Å². The van der Waals surface area contributed by atoms with Crippen molar-refractivity contribution < 1.29 is 17.4 Å². The molecule has 0 unspecified atom stereocenters. The van der Waals surface area contributed by atoms with Crippen LogP contribution in [0.3, 0.4) is 0 Å². The molecule has 0 aromatic heterocycles. The van der Waals surface area contributed by atoms with Gasteiger partial charge in [0.05, 0.1) is 0 Å². The molecule has 1 aliphatic heterocycles. The summed E-state index contributed by atoms with van der Waals surface area (Å²) < 4.78 is 30.6. The molecule has 2 aromatic carbocycles. The summed E-state index contributed by atoms with van der Waals surface area (Å²) in [5, 5.41) is 0. The van der Waals surface area contributed by atoms with E-state index in [2.05, 4.69) is 22.6 Å². The maximum absolute atomic E-state index is 12.3. The molecular formula is C16H14INO4S. The third kappa shape index (κ3) is 3.66. The number of rotatable bonds is 4. The smallest absolute Gasteiger partial charge is 0.339 e. The van der Waals surface area contributed by atoms with Crippen molar-refractivity contribution in [2.24, 2.45) is 0 Å². The Hall–Kier alpha value is -1.61. The first-order valence-corrected chi connectivity index (χ1v) is 9.55. The lowest BCUT2D eigenvalue weighted by Crippen LogP contribution is -2.23. The highest BCUT2D eigenvalue weighted by Crippen LogP contribution is 2.25. The molecule has 1 amide bonds. The molecule has 1 aliphatic rings. The minimum absolute atomic E-state index is 0.0618. The highest BCUT2D eigenvalue weighted by atomic mass is 127. The molecule has 0 aliphatic carbocycles. The van der Waals surface area contributed by atoms with Crippen LogP contribution < -0.4 is 9.08 Å². The molecule has 0 bridgehead atoms. The van der Waals surface area contributed by atoms with Crippen LogP contribution in [0, 0.1) is 3.57 Å². The van der Waals surface area contributed by atoms with E-state index in [1.54, 1.807) is 35.2 Å². The van der Waals surface area contributed by atoms with Gasteiger partial charge >= 0.3 is 10.1 Å². The molecule has 1 fully saturated rings. The molecule has 120 valence electrons. The van der Waals surface area contributed by atoms with E-state index in [1.807, 2.05) is 6.07 Å². The molecule has 3 rings (SSSR count). The number of halogens is 1. The SMILES string of the molecule is O=C1CCCN1c1ccc(S(=O)(=O)Oc2cccc(I)c2)cc1. The first-order valence-electron chi connectivity index (χ1n) is 7.06. The van der Waals surface area contributed by atoms with Crippen molar-refractivity contribution in [2.45, 2.75) is 17.7 Å². The molecule has 0 spiro atoms. The number of benzene rings is 2. The Kier molecular flexibility index (Phi) is 4.58. The Morgan fingerprint density at radius 1 is 1.09 bits per heavy atom. The lowest BCUT2D eigenvalue weighted by atomic mass is 10.3. The lowest BCUT2D eigenvalue weighted by Gasteiger charge is -2.16. The van der Waals surface area contributed by atoms with Gasteiger partial charge in [-0.05, 0) is 71.5 Å². The van der Waals surface area contributed by atoms with Crippen LogP contribution >= 0.6 is 22.6 Å². The largest absolute Gasteiger partial charge is 0.379 e. The predicted octanol–water partition coefficient (Wildman–Crippen LogP) is 3.19.